The zero-order valence-electron chi connectivity index (χ0n) is 14.5. The molecule has 146 valence electrons. The van der Waals surface area contributed by atoms with Crippen molar-refractivity contribution in [1.82, 2.24) is 30.1 Å². The van der Waals surface area contributed by atoms with Crippen LogP contribution >= 0.6 is 0 Å². The number of benzene rings is 1. The van der Waals surface area contributed by atoms with Crippen molar-refractivity contribution in [1.29, 1.82) is 0 Å². The molecule has 1 aromatic carbocycles. The third kappa shape index (κ3) is 3.59. The van der Waals surface area contributed by atoms with E-state index in [1.807, 2.05) is 18.2 Å². The van der Waals surface area contributed by atoms with Crippen molar-refractivity contribution in [3.63, 3.8) is 0 Å². The number of para-hydroxylation sites is 1. The molecule has 1 fully saturated rings. The number of carbonyl (C=O) groups is 1. The molecule has 0 saturated carbocycles. The summed E-state index contributed by atoms with van der Waals surface area (Å²) < 4.78 is 42.7. The summed E-state index contributed by atoms with van der Waals surface area (Å²) in [5, 5.41) is 14.9. The smallest absolute Gasteiger partial charge is 0.417 e. The summed E-state index contributed by atoms with van der Waals surface area (Å²) in [5.41, 5.74) is 0.870. The highest BCUT2D eigenvalue weighted by Crippen LogP contribution is 2.32. The fourth-order valence-electron chi connectivity index (χ4n) is 3.09. The second-order valence-corrected chi connectivity index (χ2v) is 6.39. The standard InChI is InChI=1S/C17H15F3N6O2/c18-17(19,20)16-23-22-14(28-16)11-5-4-8-25(10-11)15(27)13-9-21-26(24-13)12-6-2-1-3-7-12/h1-3,6-7,9,11H,4-5,8,10H2. The number of alkyl halides is 3. The van der Waals surface area contributed by atoms with Crippen molar-refractivity contribution in [3.05, 3.63) is 54.0 Å². The molecule has 11 heteroatoms. The number of likely N-dealkylation sites (tertiary alicyclic amines) is 1. The molecule has 1 unspecified atom stereocenters. The maximum atomic E-state index is 12.7. The Kier molecular flexibility index (Phi) is 4.57. The largest absolute Gasteiger partial charge is 0.470 e. The van der Waals surface area contributed by atoms with E-state index in [9.17, 15) is 18.0 Å². The van der Waals surface area contributed by atoms with Gasteiger partial charge in [-0.3, -0.25) is 4.79 Å². The van der Waals surface area contributed by atoms with E-state index in [4.69, 9.17) is 4.42 Å². The van der Waals surface area contributed by atoms with Gasteiger partial charge in [0.1, 0.15) is 0 Å². The fourth-order valence-corrected chi connectivity index (χ4v) is 3.09. The topological polar surface area (TPSA) is 89.9 Å². The molecule has 0 spiro atoms. The number of aromatic nitrogens is 5. The zero-order chi connectivity index (χ0) is 19.7. The van der Waals surface area contributed by atoms with Gasteiger partial charge in [-0.05, 0) is 25.0 Å². The molecular formula is C17H15F3N6O2. The SMILES string of the molecule is O=C(c1cnn(-c2ccccc2)n1)N1CCCC(c2nnc(C(F)(F)F)o2)C1. The van der Waals surface area contributed by atoms with E-state index in [0.29, 0.717) is 25.1 Å². The lowest BCUT2D eigenvalue weighted by atomic mass is 9.98. The van der Waals surface area contributed by atoms with Crippen molar-refractivity contribution in [2.45, 2.75) is 24.9 Å². The van der Waals surface area contributed by atoms with E-state index in [1.54, 1.807) is 12.1 Å². The van der Waals surface area contributed by atoms with Gasteiger partial charge in [-0.2, -0.15) is 23.1 Å². The maximum Gasteiger partial charge on any atom is 0.470 e. The van der Waals surface area contributed by atoms with Crippen LogP contribution in [-0.4, -0.2) is 49.1 Å². The Balaban J connectivity index is 1.48. The van der Waals surface area contributed by atoms with Crippen LogP contribution < -0.4 is 0 Å². The molecule has 3 aromatic rings. The molecule has 1 amide bonds. The first-order valence-corrected chi connectivity index (χ1v) is 8.59. The predicted molar refractivity (Wildman–Crippen MR) is 88.5 cm³/mol. The molecule has 8 nitrogen and oxygen atoms in total. The van der Waals surface area contributed by atoms with E-state index in [-0.39, 0.29) is 24.0 Å². The average molecular weight is 392 g/mol. The predicted octanol–water partition coefficient (Wildman–Crippen LogP) is 2.69. The van der Waals surface area contributed by atoms with E-state index >= 15 is 0 Å². The zero-order valence-corrected chi connectivity index (χ0v) is 14.5. The van der Waals surface area contributed by atoms with Crippen LogP contribution in [-0.2, 0) is 6.18 Å². The van der Waals surface area contributed by atoms with Crippen LogP contribution in [0.2, 0.25) is 0 Å². The van der Waals surface area contributed by atoms with Crippen LogP contribution in [0.25, 0.3) is 5.69 Å². The summed E-state index contributed by atoms with van der Waals surface area (Å²) in [5.74, 6) is -2.29. The summed E-state index contributed by atoms with van der Waals surface area (Å²) in [6.07, 6.45) is -2.16. The van der Waals surface area contributed by atoms with Gasteiger partial charge in [0.25, 0.3) is 5.91 Å². The monoisotopic (exact) mass is 392 g/mol. The van der Waals surface area contributed by atoms with Gasteiger partial charge in [-0.1, -0.05) is 18.2 Å². The average Bonchev–Trinajstić information content (AvgIpc) is 3.38. The van der Waals surface area contributed by atoms with Crippen LogP contribution in [0.5, 0.6) is 0 Å². The molecule has 0 bridgehead atoms. The summed E-state index contributed by atoms with van der Waals surface area (Å²) in [7, 11) is 0. The van der Waals surface area contributed by atoms with Crippen LogP contribution in [0.3, 0.4) is 0 Å². The highest BCUT2D eigenvalue weighted by Gasteiger charge is 2.39. The van der Waals surface area contributed by atoms with Gasteiger partial charge in [-0.25, -0.2) is 0 Å². The Morgan fingerprint density at radius 1 is 1.18 bits per heavy atom. The Morgan fingerprint density at radius 2 is 1.96 bits per heavy atom. The molecule has 0 N–H and O–H groups in total. The minimum atomic E-state index is -4.69. The van der Waals surface area contributed by atoms with Crippen LogP contribution in [0, 0.1) is 0 Å². The third-order valence-electron chi connectivity index (χ3n) is 4.44. The lowest BCUT2D eigenvalue weighted by Gasteiger charge is -2.30. The van der Waals surface area contributed by atoms with E-state index < -0.39 is 18.0 Å². The van der Waals surface area contributed by atoms with Crippen molar-refractivity contribution < 1.29 is 22.4 Å². The van der Waals surface area contributed by atoms with Crippen molar-refractivity contribution >= 4 is 5.91 Å². The molecule has 0 radical (unpaired) electrons. The highest BCUT2D eigenvalue weighted by atomic mass is 19.4. The summed E-state index contributed by atoms with van der Waals surface area (Å²) in [6.45, 7) is 0.643. The molecule has 1 atom stereocenters. The number of halogens is 3. The molecule has 1 aliphatic rings. The van der Waals surface area contributed by atoms with E-state index in [2.05, 4.69) is 20.4 Å². The normalized spacial score (nSPS) is 17.7. The van der Waals surface area contributed by atoms with Crippen molar-refractivity contribution in [2.75, 3.05) is 13.1 Å². The van der Waals surface area contributed by atoms with Crippen molar-refractivity contribution in [2.24, 2.45) is 0 Å². The van der Waals surface area contributed by atoms with E-state index in [0.717, 1.165) is 0 Å². The number of nitrogens with zero attached hydrogens (tertiary/aromatic N) is 6. The molecule has 0 aliphatic carbocycles. The Bertz CT molecular complexity index is 969. The lowest BCUT2D eigenvalue weighted by Crippen LogP contribution is -2.39. The molecule has 1 aliphatic heterocycles. The summed E-state index contributed by atoms with van der Waals surface area (Å²) in [6, 6.07) is 9.12. The van der Waals surface area contributed by atoms with Gasteiger partial charge in [-0.15, -0.1) is 15.3 Å². The lowest BCUT2D eigenvalue weighted by molar-refractivity contribution is -0.157. The van der Waals surface area contributed by atoms with Gasteiger partial charge in [0.2, 0.25) is 5.89 Å². The first kappa shape index (κ1) is 18.1. The molecule has 3 heterocycles. The highest BCUT2D eigenvalue weighted by molar-refractivity contribution is 5.92. The molecule has 28 heavy (non-hydrogen) atoms. The van der Waals surface area contributed by atoms with Gasteiger partial charge >= 0.3 is 12.1 Å². The van der Waals surface area contributed by atoms with Gasteiger partial charge in [0, 0.05) is 13.1 Å². The third-order valence-corrected chi connectivity index (χ3v) is 4.44. The van der Waals surface area contributed by atoms with Crippen molar-refractivity contribution in [3.8, 4) is 5.69 Å². The second kappa shape index (κ2) is 7.06. The Labute approximate surface area is 157 Å². The maximum absolute atomic E-state index is 12.7. The fraction of sp³-hybridized carbons (Fsp3) is 0.353. The minimum absolute atomic E-state index is 0.113. The Morgan fingerprint density at radius 3 is 2.68 bits per heavy atom. The first-order chi connectivity index (χ1) is 13.4. The first-order valence-electron chi connectivity index (χ1n) is 8.59. The second-order valence-electron chi connectivity index (χ2n) is 6.39. The quantitative estimate of drug-likeness (QED) is 0.681. The number of hydrogen-bond acceptors (Lipinski definition) is 6. The van der Waals surface area contributed by atoms with Gasteiger partial charge < -0.3 is 9.32 Å². The number of carbonyl (C=O) groups excluding carboxylic acids is 1. The number of hydrogen-bond donors (Lipinski definition) is 0. The minimum Gasteiger partial charge on any atom is -0.417 e. The molecule has 1 saturated heterocycles. The Hall–Kier alpha value is -3.24. The summed E-state index contributed by atoms with van der Waals surface area (Å²) >= 11 is 0. The summed E-state index contributed by atoms with van der Waals surface area (Å²) in [4.78, 5) is 15.6. The number of piperidine rings is 1. The molecule has 2 aromatic heterocycles. The van der Waals surface area contributed by atoms with Crippen LogP contribution in [0.4, 0.5) is 13.2 Å². The van der Waals surface area contributed by atoms with Crippen LogP contribution in [0.15, 0.2) is 40.9 Å². The number of amides is 1. The van der Waals surface area contributed by atoms with Gasteiger partial charge in [0.05, 0.1) is 17.8 Å². The van der Waals surface area contributed by atoms with Gasteiger partial charge in [0.15, 0.2) is 5.69 Å². The van der Waals surface area contributed by atoms with Crippen LogP contribution in [0.1, 0.15) is 41.0 Å². The molecule has 4 rings (SSSR count). The molecular weight excluding hydrogens is 377 g/mol. The van der Waals surface area contributed by atoms with E-state index in [1.165, 1.54) is 15.9 Å². The number of rotatable bonds is 3.